The molecule has 1 heterocycles. The van der Waals surface area contributed by atoms with Crippen molar-refractivity contribution < 1.29 is 9.59 Å². The van der Waals surface area contributed by atoms with Gasteiger partial charge in [0.05, 0.1) is 5.92 Å². The summed E-state index contributed by atoms with van der Waals surface area (Å²) in [5.41, 5.74) is 5.24. The number of aryl methyl sites for hydroxylation is 2. The van der Waals surface area contributed by atoms with E-state index in [4.69, 9.17) is 0 Å². The molecule has 0 aliphatic carbocycles. The maximum absolute atomic E-state index is 13.0. The number of carbonyl (C=O) groups excluding carboxylic acids is 2. The third kappa shape index (κ3) is 5.70. The van der Waals surface area contributed by atoms with E-state index in [-0.39, 0.29) is 17.7 Å². The fourth-order valence-corrected chi connectivity index (χ4v) is 4.21. The van der Waals surface area contributed by atoms with Crippen LogP contribution in [0.4, 0.5) is 0 Å². The maximum atomic E-state index is 13.0. The zero-order valence-corrected chi connectivity index (χ0v) is 18.6. The monoisotopic (exact) mass is 407 g/mol. The van der Waals surface area contributed by atoms with Crippen LogP contribution in [0.5, 0.6) is 0 Å². The molecule has 160 valence electrons. The number of likely N-dealkylation sites (tertiary alicyclic amines) is 1. The molecule has 0 radical (unpaired) electrons. The van der Waals surface area contributed by atoms with E-state index in [0.29, 0.717) is 25.2 Å². The maximum Gasteiger partial charge on any atom is 0.253 e. The van der Waals surface area contributed by atoms with E-state index in [2.05, 4.69) is 28.4 Å². The molecule has 5 heteroatoms. The average molecular weight is 408 g/mol. The number of hydrogen-bond acceptors (Lipinski definition) is 3. The van der Waals surface area contributed by atoms with Crippen molar-refractivity contribution in [1.29, 1.82) is 0 Å². The Balaban J connectivity index is 1.61. The molecule has 1 unspecified atom stereocenters. The zero-order chi connectivity index (χ0) is 21.7. The first-order valence-electron chi connectivity index (χ1n) is 10.7. The summed E-state index contributed by atoms with van der Waals surface area (Å²) in [6.07, 6.45) is 1.67. The first kappa shape index (κ1) is 22.0. The van der Waals surface area contributed by atoms with Gasteiger partial charge in [0, 0.05) is 31.7 Å². The van der Waals surface area contributed by atoms with Crippen LogP contribution >= 0.6 is 0 Å². The first-order chi connectivity index (χ1) is 14.3. The molecule has 1 aliphatic heterocycles. The molecule has 0 bridgehead atoms. The number of benzene rings is 2. The molecule has 0 spiro atoms. The van der Waals surface area contributed by atoms with Gasteiger partial charge in [-0.2, -0.15) is 0 Å². The Morgan fingerprint density at radius 3 is 2.40 bits per heavy atom. The van der Waals surface area contributed by atoms with Crippen molar-refractivity contribution in [2.24, 2.45) is 5.92 Å². The number of hydrogen-bond donors (Lipinski definition) is 1. The summed E-state index contributed by atoms with van der Waals surface area (Å²) < 4.78 is 0. The summed E-state index contributed by atoms with van der Waals surface area (Å²) >= 11 is 0. The average Bonchev–Trinajstić information content (AvgIpc) is 2.71. The van der Waals surface area contributed by atoms with Gasteiger partial charge in [-0.3, -0.25) is 9.59 Å². The third-order valence-corrected chi connectivity index (χ3v) is 5.61. The molecule has 2 aromatic rings. The number of amides is 2. The predicted octanol–water partition coefficient (Wildman–Crippen LogP) is 3.53. The molecule has 1 N–H and O–H groups in total. The molecule has 3 rings (SSSR count). The fourth-order valence-electron chi connectivity index (χ4n) is 4.21. The summed E-state index contributed by atoms with van der Waals surface area (Å²) in [4.78, 5) is 29.8. The predicted molar refractivity (Wildman–Crippen MR) is 120 cm³/mol. The molecule has 30 heavy (non-hydrogen) atoms. The van der Waals surface area contributed by atoms with Crippen LogP contribution in [-0.2, 0) is 17.9 Å². The highest BCUT2D eigenvalue weighted by molar-refractivity contribution is 5.95. The van der Waals surface area contributed by atoms with E-state index < -0.39 is 0 Å². The van der Waals surface area contributed by atoms with Gasteiger partial charge < -0.3 is 15.1 Å². The molecule has 0 saturated carbocycles. The summed E-state index contributed by atoms with van der Waals surface area (Å²) in [6.45, 7) is 6.56. The minimum Gasteiger partial charge on any atom is -0.352 e. The standard InChI is InChI=1S/C25H33N3O2/c1-18-12-19(2)14-23(13-18)25(30)28-11-7-10-22(17-28)24(29)26-15-20-8-5-6-9-21(20)16-27(3)4/h5-6,8-9,12-14,22H,7,10-11,15-17H2,1-4H3,(H,26,29). The number of nitrogens with zero attached hydrogens (tertiary/aromatic N) is 2. The van der Waals surface area contributed by atoms with E-state index in [9.17, 15) is 9.59 Å². The molecule has 2 amide bonds. The molecular formula is C25H33N3O2. The van der Waals surface area contributed by atoms with Gasteiger partial charge >= 0.3 is 0 Å². The van der Waals surface area contributed by atoms with E-state index in [1.54, 1.807) is 0 Å². The van der Waals surface area contributed by atoms with Crippen molar-refractivity contribution in [3.63, 3.8) is 0 Å². The van der Waals surface area contributed by atoms with Crippen molar-refractivity contribution in [1.82, 2.24) is 15.1 Å². The van der Waals surface area contributed by atoms with Crippen molar-refractivity contribution in [3.05, 3.63) is 70.3 Å². The quantitative estimate of drug-likeness (QED) is 0.797. The second-order valence-electron chi connectivity index (χ2n) is 8.69. The van der Waals surface area contributed by atoms with E-state index >= 15 is 0 Å². The lowest BCUT2D eigenvalue weighted by Crippen LogP contribution is -2.45. The van der Waals surface area contributed by atoms with Crippen LogP contribution in [0.25, 0.3) is 0 Å². The first-order valence-corrected chi connectivity index (χ1v) is 10.7. The van der Waals surface area contributed by atoms with Crippen LogP contribution in [0.3, 0.4) is 0 Å². The Bertz CT molecular complexity index is 887. The molecule has 2 aromatic carbocycles. The number of piperidine rings is 1. The third-order valence-electron chi connectivity index (χ3n) is 5.61. The Kier molecular flexibility index (Phi) is 7.27. The molecule has 0 aromatic heterocycles. The van der Waals surface area contributed by atoms with E-state index in [1.165, 1.54) is 5.56 Å². The number of carbonyl (C=O) groups is 2. The molecule has 1 saturated heterocycles. The summed E-state index contributed by atoms with van der Waals surface area (Å²) in [7, 11) is 4.08. The van der Waals surface area contributed by atoms with Gasteiger partial charge in [-0.1, -0.05) is 41.5 Å². The van der Waals surface area contributed by atoms with Crippen LogP contribution in [0.15, 0.2) is 42.5 Å². The lowest BCUT2D eigenvalue weighted by molar-refractivity contribution is -0.126. The van der Waals surface area contributed by atoms with Crippen LogP contribution < -0.4 is 5.32 Å². The molecule has 5 nitrogen and oxygen atoms in total. The zero-order valence-electron chi connectivity index (χ0n) is 18.6. The highest BCUT2D eigenvalue weighted by Gasteiger charge is 2.29. The van der Waals surface area contributed by atoms with Gasteiger partial charge in [0.2, 0.25) is 5.91 Å². The normalized spacial score (nSPS) is 16.6. The molecular weight excluding hydrogens is 374 g/mol. The summed E-state index contributed by atoms with van der Waals surface area (Å²) in [6, 6.07) is 14.1. The smallest absolute Gasteiger partial charge is 0.253 e. The lowest BCUT2D eigenvalue weighted by Gasteiger charge is -2.32. The van der Waals surface area contributed by atoms with Gasteiger partial charge in [-0.15, -0.1) is 0 Å². The minimum atomic E-state index is -0.158. The van der Waals surface area contributed by atoms with Gasteiger partial charge in [-0.25, -0.2) is 0 Å². The fraction of sp³-hybridized carbons (Fsp3) is 0.440. The minimum absolute atomic E-state index is 0.0237. The summed E-state index contributed by atoms with van der Waals surface area (Å²) in [5, 5.41) is 3.10. The van der Waals surface area contributed by atoms with Crippen LogP contribution in [-0.4, -0.2) is 48.8 Å². The van der Waals surface area contributed by atoms with Gasteiger partial charge in [0.1, 0.15) is 0 Å². The largest absolute Gasteiger partial charge is 0.352 e. The Morgan fingerprint density at radius 2 is 1.73 bits per heavy atom. The van der Waals surface area contributed by atoms with E-state index in [1.807, 2.05) is 57.1 Å². The highest BCUT2D eigenvalue weighted by atomic mass is 16.2. The number of nitrogens with one attached hydrogen (secondary N) is 1. The number of rotatable bonds is 6. The van der Waals surface area contributed by atoms with Gasteiger partial charge in [0.15, 0.2) is 0 Å². The summed E-state index contributed by atoms with van der Waals surface area (Å²) in [5.74, 6) is -0.0992. The molecule has 1 aliphatic rings. The Morgan fingerprint density at radius 1 is 1.07 bits per heavy atom. The second-order valence-corrected chi connectivity index (χ2v) is 8.69. The SMILES string of the molecule is Cc1cc(C)cc(C(=O)N2CCCC(C(=O)NCc3ccccc3CN(C)C)C2)c1. The highest BCUT2D eigenvalue weighted by Crippen LogP contribution is 2.20. The Labute approximate surface area is 180 Å². The van der Waals surface area contributed by atoms with Crippen LogP contribution in [0, 0.1) is 19.8 Å². The van der Waals surface area contributed by atoms with Crippen LogP contribution in [0.1, 0.15) is 45.5 Å². The second kappa shape index (κ2) is 9.90. The van der Waals surface area contributed by atoms with E-state index in [0.717, 1.165) is 36.1 Å². The van der Waals surface area contributed by atoms with Gasteiger partial charge in [0.25, 0.3) is 5.91 Å². The van der Waals surface area contributed by atoms with Crippen molar-refractivity contribution >= 4 is 11.8 Å². The molecule has 1 fully saturated rings. The lowest BCUT2D eigenvalue weighted by atomic mass is 9.96. The topological polar surface area (TPSA) is 52.7 Å². The van der Waals surface area contributed by atoms with Crippen molar-refractivity contribution in [2.75, 3.05) is 27.2 Å². The Hall–Kier alpha value is -2.66. The van der Waals surface area contributed by atoms with Crippen molar-refractivity contribution in [2.45, 2.75) is 39.8 Å². The molecule has 1 atom stereocenters. The van der Waals surface area contributed by atoms with Crippen molar-refractivity contribution in [3.8, 4) is 0 Å². The van der Waals surface area contributed by atoms with Gasteiger partial charge in [-0.05, 0) is 64.0 Å². The van der Waals surface area contributed by atoms with Crippen LogP contribution in [0.2, 0.25) is 0 Å².